The fourth-order valence-corrected chi connectivity index (χ4v) is 4.60. The van der Waals surface area contributed by atoms with Gasteiger partial charge in [-0.05, 0) is 49.2 Å². The second-order valence-electron chi connectivity index (χ2n) is 9.46. The summed E-state index contributed by atoms with van der Waals surface area (Å²) in [5.41, 5.74) is 1.17. The Balaban J connectivity index is 1.68. The van der Waals surface area contributed by atoms with Crippen molar-refractivity contribution in [3.05, 3.63) is 84.1 Å². The number of fused-ring (bicyclic) bond motifs is 4. The maximum absolute atomic E-state index is 13.7. The lowest BCUT2D eigenvalue weighted by Crippen LogP contribution is -2.53. The van der Waals surface area contributed by atoms with Gasteiger partial charge in [0.25, 0.3) is 11.8 Å². The van der Waals surface area contributed by atoms with E-state index in [0.29, 0.717) is 11.1 Å². The lowest BCUT2D eigenvalue weighted by Gasteiger charge is -2.36. The number of rotatable bonds is 3. The number of nitrogens with zero attached hydrogens (tertiary/aromatic N) is 2. The lowest BCUT2D eigenvalue weighted by molar-refractivity contribution is -0.127. The molecule has 1 unspecified atom stereocenters. The zero-order valence-corrected chi connectivity index (χ0v) is 18.8. The molecule has 3 aromatic carbocycles. The van der Waals surface area contributed by atoms with Gasteiger partial charge >= 0.3 is 0 Å². The summed E-state index contributed by atoms with van der Waals surface area (Å²) in [7, 11) is 0. The number of benzene rings is 3. The summed E-state index contributed by atoms with van der Waals surface area (Å²) in [6, 6.07) is 21.7. The number of hydrogen-bond acceptors (Lipinski definition) is 3. The molecule has 0 spiro atoms. The molecule has 1 atom stereocenters. The minimum Gasteiger partial charge on any atom is -0.349 e. The maximum Gasteiger partial charge on any atom is 0.272 e. The SMILES string of the molecule is CC(C)(C)NC(=O)C(c1cccc2ccccc12)N1CC(=O)n2c(cc3ccccc32)C1=O. The van der Waals surface area contributed by atoms with E-state index < -0.39 is 11.6 Å². The number of carbonyl (C=O) groups is 3. The van der Waals surface area contributed by atoms with Crippen molar-refractivity contribution in [3.63, 3.8) is 0 Å². The number of carbonyl (C=O) groups excluding carboxylic acids is 3. The van der Waals surface area contributed by atoms with Crippen molar-refractivity contribution in [2.24, 2.45) is 0 Å². The van der Waals surface area contributed by atoms with Gasteiger partial charge in [-0.15, -0.1) is 0 Å². The van der Waals surface area contributed by atoms with E-state index in [0.717, 1.165) is 16.2 Å². The minimum atomic E-state index is -0.946. The second kappa shape index (κ2) is 7.59. The van der Waals surface area contributed by atoms with Crippen molar-refractivity contribution in [2.75, 3.05) is 6.54 Å². The molecular weight excluding hydrogens is 414 g/mol. The van der Waals surface area contributed by atoms with Crippen LogP contribution in [0.2, 0.25) is 0 Å². The molecule has 0 saturated heterocycles. The molecule has 33 heavy (non-hydrogen) atoms. The van der Waals surface area contributed by atoms with Crippen LogP contribution in [0.3, 0.4) is 0 Å². The van der Waals surface area contributed by atoms with E-state index in [1.807, 2.05) is 87.5 Å². The van der Waals surface area contributed by atoms with Crippen LogP contribution in [0.15, 0.2) is 72.8 Å². The van der Waals surface area contributed by atoms with E-state index in [9.17, 15) is 14.4 Å². The van der Waals surface area contributed by atoms with Gasteiger partial charge in [0.15, 0.2) is 0 Å². The molecule has 4 aromatic rings. The zero-order chi connectivity index (χ0) is 23.3. The highest BCUT2D eigenvalue weighted by molar-refractivity contribution is 6.11. The molecule has 1 aliphatic heterocycles. The fraction of sp³-hybridized carbons (Fsp3) is 0.222. The zero-order valence-electron chi connectivity index (χ0n) is 18.8. The third-order valence-electron chi connectivity index (χ3n) is 5.92. The van der Waals surface area contributed by atoms with Crippen LogP contribution in [0.4, 0.5) is 0 Å². The van der Waals surface area contributed by atoms with Crippen LogP contribution < -0.4 is 5.32 Å². The van der Waals surface area contributed by atoms with Crippen LogP contribution >= 0.6 is 0 Å². The summed E-state index contributed by atoms with van der Waals surface area (Å²) in [4.78, 5) is 42.0. The Labute approximate surface area is 191 Å². The van der Waals surface area contributed by atoms with Gasteiger partial charge in [0.05, 0.1) is 5.52 Å². The van der Waals surface area contributed by atoms with Crippen LogP contribution in [-0.2, 0) is 4.79 Å². The first-order valence-electron chi connectivity index (χ1n) is 11.0. The average Bonchev–Trinajstić information content (AvgIpc) is 3.17. The van der Waals surface area contributed by atoms with Crippen molar-refractivity contribution in [2.45, 2.75) is 32.4 Å². The number of nitrogens with one attached hydrogen (secondary N) is 1. The molecule has 2 heterocycles. The van der Waals surface area contributed by atoms with E-state index in [1.165, 1.54) is 9.47 Å². The van der Waals surface area contributed by atoms with E-state index in [4.69, 9.17) is 0 Å². The average molecular weight is 440 g/mol. The van der Waals surface area contributed by atoms with E-state index in [2.05, 4.69) is 5.32 Å². The van der Waals surface area contributed by atoms with Crippen LogP contribution in [0.25, 0.3) is 21.7 Å². The van der Waals surface area contributed by atoms with Crippen molar-refractivity contribution in [3.8, 4) is 0 Å². The maximum atomic E-state index is 13.7. The van der Waals surface area contributed by atoms with E-state index >= 15 is 0 Å². The quantitative estimate of drug-likeness (QED) is 0.509. The van der Waals surface area contributed by atoms with Gasteiger partial charge in [-0.25, -0.2) is 0 Å². The highest BCUT2D eigenvalue weighted by Crippen LogP contribution is 2.33. The Kier molecular flexibility index (Phi) is 4.81. The molecule has 1 aromatic heterocycles. The van der Waals surface area contributed by atoms with Crippen molar-refractivity contribution < 1.29 is 14.4 Å². The molecule has 1 N–H and O–H groups in total. The Morgan fingerprint density at radius 3 is 2.33 bits per heavy atom. The third-order valence-corrected chi connectivity index (χ3v) is 5.92. The molecule has 5 rings (SSSR count). The molecule has 0 bridgehead atoms. The predicted molar refractivity (Wildman–Crippen MR) is 128 cm³/mol. The normalized spacial score (nSPS) is 15.1. The monoisotopic (exact) mass is 439 g/mol. The van der Waals surface area contributed by atoms with Crippen LogP contribution in [0.1, 0.15) is 47.7 Å². The highest BCUT2D eigenvalue weighted by atomic mass is 16.2. The number of amides is 2. The smallest absolute Gasteiger partial charge is 0.272 e. The van der Waals surface area contributed by atoms with Crippen molar-refractivity contribution in [1.29, 1.82) is 0 Å². The minimum absolute atomic E-state index is 0.185. The highest BCUT2D eigenvalue weighted by Gasteiger charge is 2.40. The first kappa shape index (κ1) is 20.9. The summed E-state index contributed by atoms with van der Waals surface area (Å²) in [5.74, 6) is -0.892. The topological polar surface area (TPSA) is 71.4 Å². The molecule has 0 radical (unpaired) electrons. The van der Waals surface area contributed by atoms with E-state index in [-0.39, 0.29) is 30.0 Å². The van der Waals surface area contributed by atoms with E-state index in [1.54, 1.807) is 6.07 Å². The van der Waals surface area contributed by atoms with Gasteiger partial charge in [0.2, 0.25) is 5.91 Å². The second-order valence-corrected chi connectivity index (χ2v) is 9.46. The third kappa shape index (κ3) is 3.57. The van der Waals surface area contributed by atoms with Gasteiger partial charge in [-0.2, -0.15) is 0 Å². The lowest BCUT2D eigenvalue weighted by atomic mass is 9.95. The number of para-hydroxylation sites is 1. The largest absolute Gasteiger partial charge is 0.349 e. The van der Waals surface area contributed by atoms with Crippen LogP contribution in [0, 0.1) is 0 Å². The molecule has 2 amide bonds. The number of aromatic nitrogens is 1. The fourth-order valence-electron chi connectivity index (χ4n) is 4.60. The van der Waals surface area contributed by atoms with Crippen LogP contribution in [-0.4, -0.2) is 39.3 Å². The van der Waals surface area contributed by atoms with Gasteiger partial charge in [0, 0.05) is 10.9 Å². The van der Waals surface area contributed by atoms with Gasteiger partial charge < -0.3 is 10.2 Å². The van der Waals surface area contributed by atoms with Gasteiger partial charge in [-0.1, -0.05) is 60.7 Å². The first-order valence-corrected chi connectivity index (χ1v) is 11.0. The Hall–Kier alpha value is -3.93. The van der Waals surface area contributed by atoms with Crippen LogP contribution in [0.5, 0.6) is 0 Å². The molecule has 0 fully saturated rings. The Morgan fingerprint density at radius 2 is 1.58 bits per heavy atom. The molecule has 6 nitrogen and oxygen atoms in total. The summed E-state index contributed by atoms with van der Waals surface area (Å²) in [6.07, 6.45) is 0. The summed E-state index contributed by atoms with van der Waals surface area (Å²) >= 11 is 0. The van der Waals surface area contributed by atoms with Crippen molar-refractivity contribution >= 4 is 39.4 Å². The van der Waals surface area contributed by atoms with Gasteiger partial charge in [0.1, 0.15) is 18.3 Å². The standard InChI is InChI=1S/C27H25N3O3/c1-27(2,3)28-25(32)24(20-13-8-11-17-9-4-6-12-19(17)20)29-16-23(31)30-21-14-7-5-10-18(21)15-22(30)26(29)33/h4-15,24H,16H2,1-3H3,(H,28,32). The summed E-state index contributed by atoms with van der Waals surface area (Å²) in [6.45, 7) is 5.50. The van der Waals surface area contributed by atoms with Gasteiger partial charge in [-0.3, -0.25) is 19.0 Å². The van der Waals surface area contributed by atoms with Crippen molar-refractivity contribution in [1.82, 2.24) is 14.8 Å². The first-order chi connectivity index (χ1) is 15.7. The molecule has 0 saturated carbocycles. The molecule has 0 aliphatic carbocycles. The summed E-state index contributed by atoms with van der Waals surface area (Å²) < 4.78 is 1.47. The Morgan fingerprint density at radius 1 is 0.909 bits per heavy atom. The molecular formula is C27H25N3O3. The predicted octanol–water partition coefficient (Wildman–Crippen LogP) is 4.55. The number of hydrogen-bond donors (Lipinski definition) is 1. The Bertz CT molecular complexity index is 1420. The summed E-state index contributed by atoms with van der Waals surface area (Å²) in [5, 5.41) is 5.67. The molecule has 6 heteroatoms. The molecule has 1 aliphatic rings. The molecule has 166 valence electrons.